The zero-order valence-corrected chi connectivity index (χ0v) is 17.7. The number of anilines is 1. The second-order valence-corrected chi connectivity index (χ2v) is 7.82. The van der Waals surface area contributed by atoms with Crippen LogP contribution in [0.2, 0.25) is 0 Å². The minimum absolute atomic E-state index is 0.0857. The first kappa shape index (κ1) is 20.1. The monoisotopic (exact) mass is 404 g/mol. The number of rotatable bonds is 5. The average Bonchev–Trinajstić information content (AvgIpc) is 3.16. The molecule has 0 spiro atoms. The number of nitrogens with zero attached hydrogens (tertiary/aromatic N) is 5. The van der Waals surface area contributed by atoms with Crippen molar-refractivity contribution in [3.63, 3.8) is 0 Å². The smallest absolute Gasteiger partial charge is 0.251 e. The number of carbonyl (C=O) groups is 1. The Bertz CT molecular complexity index is 990. The van der Waals surface area contributed by atoms with Crippen LogP contribution in [0.15, 0.2) is 54.9 Å². The van der Waals surface area contributed by atoms with Gasteiger partial charge in [-0.2, -0.15) is 5.10 Å². The predicted molar refractivity (Wildman–Crippen MR) is 118 cm³/mol. The standard InChI is InChI=1S/C23H28N6O/c1-17(21-16-25-29(18(21)2)22-6-4-5-11-24-22)26-23(30)19-7-9-20(10-8-19)28-14-12-27(3)13-15-28/h4-11,16-17H,12-15H2,1-3H3,(H,26,30). The van der Waals surface area contributed by atoms with Crippen LogP contribution < -0.4 is 10.2 Å². The van der Waals surface area contributed by atoms with Crippen molar-refractivity contribution in [2.75, 3.05) is 38.1 Å². The van der Waals surface area contributed by atoms with Crippen molar-refractivity contribution in [2.45, 2.75) is 19.9 Å². The van der Waals surface area contributed by atoms with Gasteiger partial charge in [-0.3, -0.25) is 4.79 Å². The number of pyridine rings is 1. The van der Waals surface area contributed by atoms with Crippen LogP contribution in [0.5, 0.6) is 0 Å². The van der Waals surface area contributed by atoms with E-state index in [0.717, 1.165) is 43.3 Å². The second-order valence-electron chi connectivity index (χ2n) is 7.82. The largest absolute Gasteiger partial charge is 0.369 e. The quantitative estimate of drug-likeness (QED) is 0.708. The number of hydrogen-bond donors (Lipinski definition) is 1. The highest BCUT2D eigenvalue weighted by atomic mass is 16.1. The van der Waals surface area contributed by atoms with E-state index in [1.54, 1.807) is 17.1 Å². The van der Waals surface area contributed by atoms with E-state index in [9.17, 15) is 4.79 Å². The molecule has 3 heterocycles. The molecule has 7 nitrogen and oxygen atoms in total. The van der Waals surface area contributed by atoms with Crippen LogP contribution in [0, 0.1) is 6.92 Å². The van der Waals surface area contributed by atoms with Gasteiger partial charge in [0, 0.05) is 54.9 Å². The number of benzene rings is 1. The van der Waals surface area contributed by atoms with Gasteiger partial charge in [0.05, 0.1) is 12.2 Å². The fourth-order valence-corrected chi connectivity index (χ4v) is 3.80. The number of carbonyl (C=O) groups excluding carboxylic acids is 1. The van der Waals surface area contributed by atoms with Gasteiger partial charge >= 0.3 is 0 Å². The van der Waals surface area contributed by atoms with Crippen LogP contribution in [0.25, 0.3) is 5.82 Å². The van der Waals surface area contributed by atoms with E-state index in [0.29, 0.717) is 5.56 Å². The molecule has 30 heavy (non-hydrogen) atoms. The van der Waals surface area contributed by atoms with E-state index < -0.39 is 0 Å². The van der Waals surface area contributed by atoms with E-state index in [1.165, 1.54) is 5.69 Å². The van der Waals surface area contributed by atoms with Crippen LogP contribution in [0.1, 0.15) is 34.6 Å². The third-order valence-corrected chi connectivity index (χ3v) is 5.73. The van der Waals surface area contributed by atoms with Gasteiger partial charge in [0.25, 0.3) is 5.91 Å². The first-order chi connectivity index (χ1) is 14.5. The van der Waals surface area contributed by atoms with Crippen molar-refractivity contribution in [2.24, 2.45) is 0 Å². The fraction of sp³-hybridized carbons (Fsp3) is 0.348. The SMILES string of the molecule is Cc1c(C(C)NC(=O)c2ccc(N3CCN(C)CC3)cc2)cnn1-c1ccccn1. The molecular formula is C23H28N6O. The molecule has 1 aromatic carbocycles. The molecule has 1 fully saturated rings. The zero-order valence-electron chi connectivity index (χ0n) is 17.7. The Hall–Kier alpha value is -3.19. The Balaban J connectivity index is 1.42. The normalized spacial score (nSPS) is 15.8. The van der Waals surface area contributed by atoms with Gasteiger partial charge in [-0.15, -0.1) is 0 Å². The summed E-state index contributed by atoms with van der Waals surface area (Å²) in [6.07, 6.45) is 3.54. The van der Waals surface area contributed by atoms with Crippen LogP contribution in [-0.2, 0) is 0 Å². The minimum atomic E-state index is -0.160. The maximum atomic E-state index is 12.8. The molecule has 7 heteroatoms. The maximum Gasteiger partial charge on any atom is 0.251 e. The third kappa shape index (κ3) is 4.21. The maximum absolute atomic E-state index is 12.8. The lowest BCUT2D eigenvalue weighted by Crippen LogP contribution is -2.44. The molecule has 1 amide bonds. The van der Waals surface area contributed by atoms with Crippen molar-refractivity contribution in [3.8, 4) is 5.82 Å². The topological polar surface area (TPSA) is 66.3 Å². The highest BCUT2D eigenvalue weighted by Crippen LogP contribution is 2.21. The molecule has 3 aromatic rings. The molecule has 0 bridgehead atoms. The molecule has 1 atom stereocenters. The van der Waals surface area contributed by atoms with E-state index in [4.69, 9.17) is 0 Å². The van der Waals surface area contributed by atoms with Crippen molar-refractivity contribution >= 4 is 11.6 Å². The second kappa shape index (κ2) is 8.67. The van der Waals surface area contributed by atoms with Crippen molar-refractivity contribution < 1.29 is 4.79 Å². The zero-order chi connectivity index (χ0) is 21.1. The summed E-state index contributed by atoms with van der Waals surface area (Å²) in [4.78, 5) is 21.8. The number of aromatic nitrogens is 3. The summed E-state index contributed by atoms with van der Waals surface area (Å²) < 4.78 is 1.79. The van der Waals surface area contributed by atoms with Crippen LogP contribution in [-0.4, -0.2) is 58.8 Å². The summed E-state index contributed by atoms with van der Waals surface area (Å²) >= 11 is 0. The Morgan fingerprint density at radius 2 is 1.80 bits per heavy atom. The van der Waals surface area contributed by atoms with Gasteiger partial charge in [-0.05, 0) is 57.3 Å². The summed E-state index contributed by atoms with van der Waals surface area (Å²) in [5.74, 6) is 0.677. The molecule has 1 aliphatic heterocycles. The molecule has 1 aliphatic rings. The van der Waals surface area contributed by atoms with Crippen molar-refractivity contribution in [3.05, 3.63) is 71.7 Å². The summed E-state index contributed by atoms with van der Waals surface area (Å²) in [5, 5.41) is 7.54. The van der Waals surface area contributed by atoms with Crippen LogP contribution >= 0.6 is 0 Å². The Morgan fingerprint density at radius 3 is 2.47 bits per heavy atom. The Morgan fingerprint density at radius 1 is 1.07 bits per heavy atom. The molecule has 4 rings (SSSR count). The fourth-order valence-electron chi connectivity index (χ4n) is 3.80. The van der Waals surface area contributed by atoms with E-state index in [2.05, 4.69) is 32.2 Å². The Labute approximate surface area is 177 Å². The van der Waals surface area contributed by atoms with Crippen molar-refractivity contribution in [1.82, 2.24) is 25.0 Å². The lowest BCUT2D eigenvalue weighted by Gasteiger charge is -2.34. The highest BCUT2D eigenvalue weighted by molar-refractivity contribution is 5.94. The van der Waals surface area contributed by atoms with E-state index in [-0.39, 0.29) is 11.9 Å². The van der Waals surface area contributed by atoms with E-state index >= 15 is 0 Å². The highest BCUT2D eigenvalue weighted by Gasteiger charge is 2.18. The van der Waals surface area contributed by atoms with E-state index in [1.807, 2.05) is 56.3 Å². The summed E-state index contributed by atoms with van der Waals surface area (Å²) in [7, 11) is 2.15. The third-order valence-electron chi connectivity index (χ3n) is 5.73. The molecule has 156 valence electrons. The molecular weight excluding hydrogens is 376 g/mol. The summed E-state index contributed by atoms with van der Waals surface area (Å²) in [6.45, 7) is 8.11. The van der Waals surface area contributed by atoms with Gasteiger partial charge in [0.2, 0.25) is 0 Å². The molecule has 0 radical (unpaired) electrons. The first-order valence-electron chi connectivity index (χ1n) is 10.3. The van der Waals surface area contributed by atoms with Crippen molar-refractivity contribution in [1.29, 1.82) is 0 Å². The molecule has 1 N–H and O–H groups in total. The number of likely N-dealkylation sites (N-methyl/N-ethyl adjacent to an activating group) is 1. The average molecular weight is 405 g/mol. The summed E-state index contributed by atoms with van der Waals surface area (Å²) in [6, 6.07) is 13.4. The predicted octanol–water partition coefficient (Wildman–Crippen LogP) is 2.82. The molecule has 0 saturated carbocycles. The van der Waals surface area contributed by atoms with Crippen LogP contribution in [0.3, 0.4) is 0 Å². The lowest BCUT2D eigenvalue weighted by atomic mass is 10.1. The Kier molecular flexibility index (Phi) is 5.81. The molecule has 1 unspecified atom stereocenters. The van der Waals surface area contributed by atoms with Gasteiger partial charge in [0.15, 0.2) is 5.82 Å². The number of piperazine rings is 1. The minimum Gasteiger partial charge on any atom is -0.369 e. The van der Waals surface area contributed by atoms with Gasteiger partial charge in [-0.1, -0.05) is 6.07 Å². The number of amides is 1. The summed E-state index contributed by atoms with van der Waals surface area (Å²) in [5.41, 5.74) is 3.77. The van der Waals surface area contributed by atoms with Crippen LogP contribution in [0.4, 0.5) is 5.69 Å². The van der Waals surface area contributed by atoms with Gasteiger partial charge in [0.1, 0.15) is 0 Å². The number of hydrogen-bond acceptors (Lipinski definition) is 5. The van der Waals surface area contributed by atoms with Gasteiger partial charge in [-0.25, -0.2) is 9.67 Å². The van der Waals surface area contributed by atoms with Gasteiger partial charge < -0.3 is 15.1 Å². The first-order valence-corrected chi connectivity index (χ1v) is 10.3. The molecule has 1 saturated heterocycles. The number of nitrogens with one attached hydrogen (secondary N) is 1. The molecule has 2 aromatic heterocycles. The molecule has 0 aliphatic carbocycles. The lowest BCUT2D eigenvalue weighted by molar-refractivity contribution is 0.0940.